The molecule has 0 spiro atoms. The minimum absolute atomic E-state index is 0. The van der Waals surface area contributed by atoms with Crippen LogP contribution in [-0.4, -0.2) is 0 Å². The average molecular weight is 178 g/mol. The van der Waals surface area contributed by atoms with E-state index in [9.17, 15) is 8.78 Å². The molecular weight excluding hydrogens is 175 g/mol. The van der Waals surface area contributed by atoms with Crippen LogP contribution in [0, 0.1) is 17.7 Å². The molecule has 0 radical (unpaired) electrons. The van der Waals surface area contributed by atoms with Crippen molar-refractivity contribution in [1.29, 1.82) is 0 Å². The Morgan fingerprint density at radius 2 is 1.56 bits per heavy atom. The maximum Gasteiger partial charge on any atom is 2.00 e. The van der Waals surface area contributed by atoms with Crippen LogP contribution in [0.3, 0.4) is 0 Å². The van der Waals surface area contributed by atoms with Crippen molar-refractivity contribution in [1.82, 2.24) is 0 Å². The zero-order chi connectivity index (χ0) is 5.98. The summed E-state index contributed by atoms with van der Waals surface area (Å²) in [6, 6.07) is 5.23. The first-order valence-electron chi connectivity index (χ1n) is 2.11. The quantitative estimate of drug-likeness (QED) is 0.420. The Morgan fingerprint density at radius 3 is 1.78 bits per heavy atom. The molecule has 42 valence electrons. The first-order chi connectivity index (χ1) is 3.79. The van der Waals surface area contributed by atoms with Crippen molar-refractivity contribution in [2.45, 2.75) is 0 Å². The van der Waals surface area contributed by atoms with Crippen molar-refractivity contribution in [3.8, 4) is 0 Å². The molecule has 0 nitrogen and oxygen atoms in total. The van der Waals surface area contributed by atoms with Crippen molar-refractivity contribution < 1.29 is 28.3 Å². The van der Waals surface area contributed by atoms with Crippen LogP contribution >= 0.6 is 0 Å². The van der Waals surface area contributed by atoms with Crippen LogP contribution < -0.4 is 0 Å². The summed E-state index contributed by atoms with van der Waals surface area (Å²) >= 11 is 0. The van der Waals surface area contributed by atoms with Gasteiger partial charge in [0, 0.05) is 11.6 Å². The molecule has 0 heterocycles. The van der Waals surface area contributed by atoms with Gasteiger partial charge in [-0.15, -0.1) is 18.2 Å². The molecule has 9 heavy (non-hydrogen) atoms. The molecule has 0 N–H and O–H groups in total. The summed E-state index contributed by atoms with van der Waals surface area (Å²) < 4.78 is 23.8. The third kappa shape index (κ3) is 2.66. The fourth-order valence-electron chi connectivity index (χ4n) is 0.416. The average Bonchev–Trinajstić information content (AvgIpc) is 1.64. The number of rotatable bonds is 0. The Bertz CT molecular complexity index is 171. The Labute approximate surface area is 64.6 Å². The van der Waals surface area contributed by atoms with Gasteiger partial charge in [0.05, 0.1) is 0 Å². The van der Waals surface area contributed by atoms with E-state index in [1.54, 1.807) is 0 Å². The smallest absolute Gasteiger partial charge is 0.284 e. The zero-order valence-electron chi connectivity index (χ0n) is 4.70. The van der Waals surface area contributed by atoms with Gasteiger partial charge in [0.15, 0.2) is 0 Å². The van der Waals surface area contributed by atoms with Gasteiger partial charge in [-0.05, 0) is 0 Å². The summed E-state index contributed by atoms with van der Waals surface area (Å²) in [5.41, 5.74) is 0. The van der Waals surface area contributed by atoms with Crippen molar-refractivity contribution in [2.75, 3.05) is 0 Å². The summed E-state index contributed by atoms with van der Waals surface area (Å²) in [6.07, 6.45) is 0. The van der Waals surface area contributed by atoms with E-state index >= 15 is 0 Å². The van der Waals surface area contributed by atoms with Gasteiger partial charge in [0.1, 0.15) is 0 Å². The number of halogens is 2. The van der Waals surface area contributed by atoms with Gasteiger partial charge >= 0.3 is 19.5 Å². The minimum Gasteiger partial charge on any atom is -0.284 e. The minimum atomic E-state index is -0.593. The molecule has 0 saturated heterocycles. The van der Waals surface area contributed by atoms with E-state index in [1.165, 1.54) is 0 Å². The van der Waals surface area contributed by atoms with Crippen molar-refractivity contribution in [3.05, 3.63) is 35.9 Å². The van der Waals surface area contributed by atoms with Crippen molar-refractivity contribution in [3.63, 3.8) is 0 Å². The van der Waals surface area contributed by atoms with E-state index in [2.05, 4.69) is 6.07 Å². The number of benzene rings is 1. The molecule has 0 aliphatic rings. The van der Waals surface area contributed by atoms with Crippen molar-refractivity contribution >= 4 is 0 Å². The van der Waals surface area contributed by atoms with E-state index in [0.717, 1.165) is 18.2 Å². The molecule has 0 aliphatic heterocycles. The second-order valence-electron chi connectivity index (χ2n) is 1.37. The fraction of sp³-hybridized carbons (Fsp3) is 0. The summed E-state index contributed by atoms with van der Waals surface area (Å²) in [4.78, 5) is 0. The number of hydrogen-bond donors (Lipinski definition) is 0. The molecule has 1 rings (SSSR count). The van der Waals surface area contributed by atoms with E-state index in [0.29, 0.717) is 0 Å². The largest absolute Gasteiger partial charge is 2.00 e. The normalized spacial score (nSPS) is 8.22. The Kier molecular flexibility index (Phi) is 3.56. The first-order valence-corrected chi connectivity index (χ1v) is 2.11. The summed E-state index contributed by atoms with van der Waals surface area (Å²) in [5, 5.41) is 0. The second kappa shape index (κ2) is 3.68. The van der Waals surface area contributed by atoms with Crippen LogP contribution in [0.15, 0.2) is 18.2 Å². The molecule has 0 bridgehead atoms. The van der Waals surface area contributed by atoms with Gasteiger partial charge in [-0.2, -0.15) is 6.07 Å². The molecule has 0 atom stereocenters. The predicted octanol–water partition coefficient (Wildman–Crippen LogP) is 1.76. The maximum absolute atomic E-state index is 11.9. The SMILES string of the molecule is Fc1c[c-]cc(F)c1.[Zn+2]. The summed E-state index contributed by atoms with van der Waals surface area (Å²) in [5.74, 6) is -1.19. The first kappa shape index (κ1) is 8.70. The monoisotopic (exact) mass is 177 g/mol. The molecule has 0 unspecified atom stereocenters. The fourth-order valence-corrected chi connectivity index (χ4v) is 0.416. The topological polar surface area (TPSA) is 0 Å². The molecule has 0 saturated carbocycles. The summed E-state index contributed by atoms with van der Waals surface area (Å²) in [7, 11) is 0. The number of hydrogen-bond acceptors (Lipinski definition) is 0. The van der Waals surface area contributed by atoms with E-state index in [4.69, 9.17) is 0 Å². The van der Waals surface area contributed by atoms with E-state index in [-0.39, 0.29) is 19.5 Å². The molecule has 0 amide bonds. The molecule has 0 aromatic heterocycles. The molecule has 0 aliphatic carbocycles. The Hall–Kier alpha value is -0.297. The van der Waals surface area contributed by atoms with Gasteiger partial charge < -0.3 is 0 Å². The molecule has 1 aromatic carbocycles. The van der Waals surface area contributed by atoms with Crippen LogP contribution in [0.2, 0.25) is 0 Å². The van der Waals surface area contributed by atoms with Crippen LogP contribution in [0.5, 0.6) is 0 Å². The predicted molar refractivity (Wildman–Crippen MR) is 25.2 cm³/mol. The van der Waals surface area contributed by atoms with Gasteiger partial charge in [-0.25, -0.2) is 0 Å². The van der Waals surface area contributed by atoms with E-state index < -0.39 is 11.6 Å². The van der Waals surface area contributed by atoms with Crippen LogP contribution in [0.25, 0.3) is 0 Å². The third-order valence-corrected chi connectivity index (χ3v) is 0.718. The van der Waals surface area contributed by atoms with Gasteiger partial charge in [-0.3, -0.25) is 8.78 Å². The Morgan fingerprint density at radius 1 is 1.11 bits per heavy atom. The van der Waals surface area contributed by atoms with Gasteiger partial charge in [0.2, 0.25) is 0 Å². The van der Waals surface area contributed by atoms with Crippen LogP contribution in [0.4, 0.5) is 8.78 Å². The van der Waals surface area contributed by atoms with Gasteiger partial charge in [0.25, 0.3) is 0 Å². The maximum atomic E-state index is 11.9. The molecule has 0 fully saturated rings. The third-order valence-electron chi connectivity index (χ3n) is 0.718. The van der Waals surface area contributed by atoms with E-state index in [1.807, 2.05) is 0 Å². The zero-order valence-corrected chi connectivity index (χ0v) is 7.66. The molecular formula is C6H3F2Zn+. The molecule has 1 aromatic rings. The second-order valence-corrected chi connectivity index (χ2v) is 1.37. The van der Waals surface area contributed by atoms with Crippen molar-refractivity contribution in [2.24, 2.45) is 0 Å². The van der Waals surface area contributed by atoms with Gasteiger partial charge in [-0.1, -0.05) is 0 Å². The molecule has 3 heteroatoms. The summed E-state index contributed by atoms with van der Waals surface area (Å²) in [6.45, 7) is 0. The van der Waals surface area contributed by atoms with Crippen LogP contribution in [0.1, 0.15) is 0 Å². The van der Waals surface area contributed by atoms with Crippen LogP contribution in [-0.2, 0) is 19.5 Å². The standard InChI is InChI=1S/C6H3F2.Zn/c7-5-2-1-3-6(8)4-5;/h2-4H;/q-1;+2. The Balaban J connectivity index is 0.000000640.